The van der Waals surface area contributed by atoms with Crippen LogP contribution in [0.2, 0.25) is 0 Å². The third-order valence-corrected chi connectivity index (χ3v) is 4.15. The first-order valence-corrected chi connectivity index (χ1v) is 7.63. The number of rotatable bonds is 2. The molecule has 1 amide bonds. The molecule has 1 aromatic carbocycles. The molecule has 1 fully saturated rings. The lowest BCUT2D eigenvalue weighted by atomic mass is 9.99. The number of carbonyl (C=O) groups excluding carboxylic acids is 1. The van der Waals surface area contributed by atoms with Gasteiger partial charge in [0.25, 0.3) is 5.91 Å². The van der Waals surface area contributed by atoms with Crippen molar-refractivity contribution in [3.63, 3.8) is 0 Å². The van der Waals surface area contributed by atoms with E-state index < -0.39 is 17.5 Å². The number of nitrogens with zero attached hydrogens (tertiary/aromatic N) is 3. The summed E-state index contributed by atoms with van der Waals surface area (Å²) in [6, 6.07) is 1.71. The standard InChI is InChI=1S/C16H18F2N4O/c1-9-7-13(18)11(8-12(9)17)16(23)22-6-4-3-5-14(22)15-19-10(2)20-21-15/h7-8,14H,3-6H2,1-2H3,(H,19,20,21). The zero-order valence-corrected chi connectivity index (χ0v) is 13.1. The smallest absolute Gasteiger partial charge is 0.257 e. The van der Waals surface area contributed by atoms with Crippen LogP contribution in [-0.2, 0) is 0 Å². The molecule has 7 heteroatoms. The maximum atomic E-state index is 14.1. The van der Waals surface area contributed by atoms with Gasteiger partial charge in [0.2, 0.25) is 0 Å². The Morgan fingerprint density at radius 2 is 2.04 bits per heavy atom. The molecule has 1 aromatic heterocycles. The molecule has 3 rings (SSSR count). The van der Waals surface area contributed by atoms with E-state index >= 15 is 0 Å². The molecule has 0 aliphatic carbocycles. The van der Waals surface area contributed by atoms with Crippen LogP contribution in [0.4, 0.5) is 8.78 Å². The Balaban J connectivity index is 1.94. The molecule has 1 saturated heterocycles. The molecule has 23 heavy (non-hydrogen) atoms. The summed E-state index contributed by atoms with van der Waals surface area (Å²) in [4.78, 5) is 18.6. The van der Waals surface area contributed by atoms with Crippen molar-refractivity contribution in [1.29, 1.82) is 0 Å². The van der Waals surface area contributed by atoms with Crippen LogP contribution < -0.4 is 0 Å². The fraction of sp³-hybridized carbons (Fsp3) is 0.438. The van der Waals surface area contributed by atoms with E-state index in [0.717, 1.165) is 25.0 Å². The van der Waals surface area contributed by atoms with Crippen LogP contribution in [0, 0.1) is 25.5 Å². The van der Waals surface area contributed by atoms with Crippen molar-refractivity contribution in [2.24, 2.45) is 0 Å². The number of hydrogen-bond donors (Lipinski definition) is 1. The van der Waals surface area contributed by atoms with Crippen LogP contribution in [-0.4, -0.2) is 32.5 Å². The lowest BCUT2D eigenvalue weighted by molar-refractivity contribution is 0.0595. The first-order valence-electron chi connectivity index (χ1n) is 7.63. The maximum Gasteiger partial charge on any atom is 0.257 e. The van der Waals surface area contributed by atoms with Gasteiger partial charge in [0.15, 0.2) is 5.82 Å². The number of amides is 1. The second-order valence-electron chi connectivity index (χ2n) is 5.87. The van der Waals surface area contributed by atoms with E-state index in [0.29, 0.717) is 24.6 Å². The zero-order chi connectivity index (χ0) is 16.6. The second kappa shape index (κ2) is 6.06. The summed E-state index contributed by atoms with van der Waals surface area (Å²) in [6.07, 6.45) is 2.47. The van der Waals surface area contributed by atoms with Crippen LogP contribution in [0.1, 0.15) is 52.9 Å². The molecular weight excluding hydrogens is 302 g/mol. The van der Waals surface area contributed by atoms with Gasteiger partial charge in [-0.2, -0.15) is 5.10 Å². The first kappa shape index (κ1) is 15.6. The number of likely N-dealkylation sites (tertiary alicyclic amines) is 1. The lowest BCUT2D eigenvalue weighted by Gasteiger charge is -2.34. The molecule has 122 valence electrons. The minimum atomic E-state index is -0.704. The van der Waals surface area contributed by atoms with Gasteiger partial charge in [-0.15, -0.1) is 0 Å². The number of benzene rings is 1. The molecule has 0 bridgehead atoms. The normalized spacial score (nSPS) is 18.3. The summed E-state index contributed by atoms with van der Waals surface area (Å²) in [5.74, 6) is -0.635. The van der Waals surface area contributed by atoms with Crippen LogP contribution in [0.5, 0.6) is 0 Å². The molecule has 1 unspecified atom stereocenters. The number of halogens is 2. The van der Waals surface area contributed by atoms with E-state index in [1.54, 1.807) is 11.8 Å². The van der Waals surface area contributed by atoms with Crippen molar-refractivity contribution < 1.29 is 13.6 Å². The summed E-state index contributed by atoms with van der Waals surface area (Å²) in [6.45, 7) is 3.72. The molecule has 2 heterocycles. The quantitative estimate of drug-likeness (QED) is 0.925. The highest BCUT2D eigenvalue weighted by Gasteiger charge is 2.32. The molecule has 1 atom stereocenters. The monoisotopic (exact) mass is 320 g/mol. The van der Waals surface area contributed by atoms with E-state index in [1.165, 1.54) is 6.92 Å². The lowest BCUT2D eigenvalue weighted by Crippen LogP contribution is -2.39. The Morgan fingerprint density at radius 1 is 1.26 bits per heavy atom. The molecule has 2 aromatic rings. The minimum Gasteiger partial charge on any atom is -0.328 e. The third-order valence-electron chi connectivity index (χ3n) is 4.15. The first-order chi connectivity index (χ1) is 11.0. The number of nitrogens with one attached hydrogen (secondary N) is 1. The number of aromatic nitrogens is 3. The third kappa shape index (κ3) is 2.95. The van der Waals surface area contributed by atoms with Gasteiger partial charge in [0.1, 0.15) is 17.5 Å². The van der Waals surface area contributed by atoms with Crippen molar-refractivity contribution in [2.75, 3.05) is 6.54 Å². The SMILES string of the molecule is Cc1nc(C2CCCCN2C(=O)c2cc(F)c(C)cc2F)n[nH]1. The average Bonchev–Trinajstić information content (AvgIpc) is 2.96. The van der Waals surface area contributed by atoms with Crippen molar-refractivity contribution in [2.45, 2.75) is 39.2 Å². The summed E-state index contributed by atoms with van der Waals surface area (Å²) < 4.78 is 27.9. The summed E-state index contributed by atoms with van der Waals surface area (Å²) in [7, 11) is 0. The van der Waals surface area contributed by atoms with Gasteiger partial charge in [0.05, 0.1) is 11.6 Å². The van der Waals surface area contributed by atoms with E-state index in [-0.39, 0.29) is 17.2 Å². The largest absolute Gasteiger partial charge is 0.328 e. The minimum absolute atomic E-state index is 0.179. The predicted octanol–water partition coefficient (Wildman–Crippen LogP) is 3.07. The van der Waals surface area contributed by atoms with Crippen molar-refractivity contribution in [3.8, 4) is 0 Å². The highest BCUT2D eigenvalue weighted by molar-refractivity contribution is 5.95. The van der Waals surface area contributed by atoms with Gasteiger partial charge >= 0.3 is 0 Å². The van der Waals surface area contributed by atoms with Crippen molar-refractivity contribution >= 4 is 5.91 Å². The van der Waals surface area contributed by atoms with Crippen LogP contribution >= 0.6 is 0 Å². The van der Waals surface area contributed by atoms with Crippen LogP contribution in [0.3, 0.4) is 0 Å². The highest BCUT2D eigenvalue weighted by Crippen LogP contribution is 2.31. The summed E-state index contributed by atoms with van der Waals surface area (Å²) in [5, 5.41) is 6.88. The number of carbonyl (C=O) groups is 1. The summed E-state index contributed by atoms with van der Waals surface area (Å²) >= 11 is 0. The Bertz CT molecular complexity index is 744. The molecule has 0 radical (unpaired) electrons. The van der Waals surface area contributed by atoms with Gasteiger partial charge in [-0.1, -0.05) is 0 Å². The molecule has 1 aliphatic rings. The molecule has 0 spiro atoms. The Morgan fingerprint density at radius 3 is 2.74 bits per heavy atom. The number of aromatic amines is 1. The predicted molar refractivity (Wildman–Crippen MR) is 79.8 cm³/mol. The number of aryl methyl sites for hydroxylation is 2. The topological polar surface area (TPSA) is 61.9 Å². The average molecular weight is 320 g/mol. The van der Waals surface area contributed by atoms with Crippen molar-refractivity contribution in [3.05, 3.63) is 46.5 Å². The Hall–Kier alpha value is -2.31. The fourth-order valence-electron chi connectivity index (χ4n) is 2.92. The number of piperidine rings is 1. The van der Waals surface area contributed by atoms with E-state index in [9.17, 15) is 13.6 Å². The second-order valence-corrected chi connectivity index (χ2v) is 5.87. The van der Waals surface area contributed by atoms with Gasteiger partial charge in [0, 0.05) is 6.54 Å². The zero-order valence-electron chi connectivity index (χ0n) is 13.1. The molecule has 5 nitrogen and oxygen atoms in total. The van der Waals surface area contributed by atoms with Crippen molar-refractivity contribution in [1.82, 2.24) is 20.1 Å². The molecule has 1 aliphatic heterocycles. The van der Waals surface area contributed by atoms with Gasteiger partial charge in [-0.25, -0.2) is 13.8 Å². The maximum absolute atomic E-state index is 14.1. The van der Waals surface area contributed by atoms with Gasteiger partial charge in [-0.05, 0) is 50.8 Å². The number of H-pyrrole nitrogens is 1. The molecular formula is C16H18F2N4O. The molecule has 0 saturated carbocycles. The summed E-state index contributed by atoms with van der Waals surface area (Å²) in [5.41, 5.74) is -0.0638. The highest BCUT2D eigenvalue weighted by atomic mass is 19.1. The molecule has 1 N–H and O–H groups in total. The number of hydrogen-bond acceptors (Lipinski definition) is 3. The van der Waals surface area contributed by atoms with E-state index in [1.807, 2.05) is 0 Å². The van der Waals surface area contributed by atoms with Crippen LogP contribution in [0.15, 0.2) is 12.1 Å². The Labute approximate surface area is 132 Å². The van der Waals surface area contributed by atoms with Gasteiger partial charge < -0.3 is 4.90 Å². The van der Waals surface area contributed by atoms with Crippen LogP contribution in [0.25, 0.3) is 0 Å². The Kier molecular flexibility index (Phi) is 4.11. The van der Waals surface area contributed by atoms with E-state index in [4.69, 9.17) is 0 Å². The van der Waals surface area contributed by atoms with Gasteiger partial charge in [-0.3, -0.25) is 9.89 Å². The van der Waals surface area contributed by atoms with E-state index in [2.05, 4.69) is 15.2 Å². The fourth-order valence-corrected chi connectivity index (χ4v) is 2.92.